The Morgan fingerprint density at radius 2 is 1.67 bits per heavy atom. The molecule has 0 heterocycles. The summed E-state index contributed by atoms with van der Waals surface area (Å²) in [5.74, 6) is 0.723. The summed E-state index contributed by atoms with van der Waals surface area (Å²) in [6.07, 6.45) is 2.81. The van der Waals surface area contributed by atoms with Crippen LogP contribution in [0.25, 0.3) is 0 Å². The molecule has 0 aliphatic heterocycles. The van der Waals surface area contributed by atoms with Gasteiger partial charge in [-0.3, -0.25) is 0 Å². The first-order valence-electron chi connectivity index (χ1n) is 7.25. The fraction of sp³-hybridized carbons (Fsp3) is 1.00. The lowest BCUT2D eigenvalue weighted by Gasteiger charge is -2.43. The van der Waals surface area contributed by atoms with Gasteiger partial charge in [0, 0.05) is 0 Å². The summed E-state index contributed by atoms with van der Waals surface area (Å²) in [6.45, 7) is 8.09. The lowest BCUT2D eigenvalue weighted by molar-refractivity contribution is -0.107. The van der Waals surface area contributed by atoms with Gasteiger partial charge in [0.15, 0.2) is 0 Å². The number of rotatable bonds is 1. The Balaban J connectivity index is 2.35. The van der Waals surface area contributed by atoms with E-state index >= 15 is 0 Å². The molecule has 2 aliphatic rings. The van der Waals surface area contributed by atoms with E-state index in [0.717, 1.165) is 12.8 Å². The van der Waals surface area contributed by atoms with Gasteiger partial charge in [-0.1, -0.05) is 20.8 Å². The van der Waals surface area contributed by atoms with Gasteiger partial charge in [0.05, 0.1) is 17.3 Å². The van der Waals surface area contributed by atoms with E-state index in [2.05, 4.69) is 20.8 Å². The van der Waals surface area contributed by atoms with Crippen LogP contribution in [-0.4, -0.2) is 32.6 Å². The molecule has 0 aromatic carbocycles. The van der Waals surface area contributed by atoms with Crippen LogP contribution in [0.5, 0.6) is 0 Å². The first-order chi connectivity index (χ1) is 8.12. The predicted octanol–water partition coefficient (Wildman–Crippen LogP) is 2.09. The van der Waals surface area contributed by atoms with Crippen LogP contribution >= 0.6 is 0 Å². The normalized spacial score (nSPS) is 53.3. The van der Waals surface area contributed by atoms with E-state index in [1.165, 1.54) is 0 Å². The van der Waals surface area contributed by atoms with Crippen LogP contribution in [0, 0.1) is 17.3 Å². The van der Waals surface area contributed by atoms with E-state index in [4.69, 9.17) is 0 Å². The minimum atomic E-state index is -1.06. The average molecular weight is 256 g/mol. The molecular formula is C15H28O3. The van der Waals surface area contributed by atoms with Crippen molar-refractivity contribution in [3.63, 3.8) is 0 Å². The molecule has 2 aliphatic carbocycles. The van der Waals surface area contributed by atoms with Crippen LogP contribution < -0.4 is 0 Å². The van der Waals surface area contributed by atoms with Crippen molar-refractivity contribution in [2.24, 2.45) is 17.3 Å². The maximum atomic E-state index is 11.2. The monoisotopic (exact) mass is 256 g/mol. The lowest BCUT2D eigenvalue weighted by atomic mass is 9.67. The van der Waals surface area contributed by atoms with E-state index < -0.39 is 17.3 Å². The molecule has 0 aromatic heterocycles. The van der Waals surface area contributed by atoms with Gasteiger partial charge >= 0.3 is 0 Å². The van der Waals surface area contributed by atoms with Gasteiger partial charge in [0.2, 0.25) is 0 Å². The minimum Gasteiger partial charge on any atom is -0.390 e. The first-order valence-corrected chi connectivity index (χ1v) is 7.25. The fourth-order valence-electron chi connectivity index (χ4n) is 4.28. The highest BCUT2D eigenvalue weighted by atomic mass is 16.3. The van der Waals surface area contributed by atoms with Gasteiger partial charge in [0.25, 0.3) is 0 Å². The number of aliphatic hydroxyl groups is 3. The predicted molar refractivity (Wildman–Crippen MR) is 71.1 cm³/mol. The zero-order valence-corrected chi connectivity index (χ0v) is 12.1. The van der Waals surface area contributed by atoms with E-state index in [1.54, 1.807) is 6.92 Å². The van der Waals surface area contributed by atoms with Crippen LogP contribution in [0.1, 0.15) is 59.8 Å². The van der Waals surface area contributed by atoms with E-state index in [9.17, 15) is 15.3 Å². The zero-order valence-electron chi connectivity index (χ0n) is 12.1. The molecule has 0 spiro atoms. The molecule has 106 valence electrons. The topological polar surface area (TPSA) is 60.7 Å². The van der Waals surface area contributed by atoms with E-state index in [1.807, 2.05) is 0 Å². The van der Waals surface area contributed by atoms with Crippen molar-refractivity contribution < 1.29 is 15.3 Å². The minimum absolute atomic E-state index is 0.262. The van der Waals surface area contributed by atoms with Crippen molar-refractivity contribution in [1.29, 1.82) is 0 Å². The smallest absolute Gasteiger partial charge is 0.0878 e. The maximum absolute atomic E-state index is 11.2. The Hall–Kier alpha value is -0.120. The first kappa shape index (κ1) is 14.3. The molecule has 2 saturated carbocycles. The summed E-state index contributed by atoms with van der Waals surface area (Å²) < 4.78 is 0. The highest BCUT2D eigenvalue weighted by Gasteiger charge is 2.60. The molecule has 2 rings (SSSR count). The average Bonchev–Trinajstić information content (AvgIpc) is 2.46. The molecule has 1 unspecified atom stereocenters. The third kappa shape index (κ3) is 1.91. The van der Waals surface area contributed by atoms with Crippen LogP contribution in [-0.2, 0) is 0 Å². The van der Waals surface area contributed by atoms with Gasteiger partial charge in [-0.05, 0) is 56.3 Å². The number of hydrogen-bond donors (Lipinski definition) is 3. The number of aliphatic hydroxyl groups excluding tert-OH is 1. The van der Waals surface area contributed by atoms with Gasteiger partial charge in [-0.25, -0.2) is 0 Å². The molecule has 0 saturated heterocycles. The number of fused-ring (bicyclic) bond motifs is 1. The van der Waals surface area contributed by atoms with E-state index in [0.29, 0.717) is 25.2 Å². The second kappa shape index (κ2) is 4.19. The summed E-state index contributed by atoms with van der Waals surface area (Å²) in [6, 6.07) is 0. The third-order valence-corrected chi connectivity index (χ3v) is 5.84. The highest BCUT2D eigenvalue weighted by molar-refractivity contribution is 5.11. The van der Waals surface area contributed by atoms with E-state index in [-0.39, 0.29) is 11.3 Å². The quantitative estimate of drug-likeness (QED) is 0.673. The van der Waals surface area contributed by atoms with Crippen molar-refractivity contribution in [1.82, 2.24) is 0 Å². The van der Waals surface area contributed by atoms with Gasteiger partial charge in [-0.15, -0.1) is 0 Å². The SMILES string of the molecule is CC(C)[C@H]1CC[C@]2(C)C[C@H](O)C(C)(O)CC[C@]12O. The summed E-state index contributed by atoms with van der Waals surface area (Å²) >= 11 is 0. The van der Waals surface area contributed by atoms with Crippen LogP contribution in [0.15, 0.2) is 0 Å². The third-order valence-electron chi connectivity index (χ3n) is 5.84. The summed E-state index contributed by atoms with van der Waals surface area (Å²) in [7, 11) is 0. The van der Waals surface area contributed by atoms with Crippen molar-refractivity contribution in [2.75, 3.05) is 0 Å². The van der Waals surface area contributed by atoms with Gasteiger partial charge in [-0.2, -0.15) is 0 Å². The Bertz CT molecular complexity index is 326. The second-order valence-electron chi connectivity index (χ2n) is 7.45. The van der Waals surface area contributed by atoms with Gasteiger partial charge < -0.3 is 15.3 Å². The largest absolute Gasteiger partial charge is 0.390 e. The second-order valence-corrected chi connectivity index (χ2v) is 7.45. The molecule has 3 N–H and O–H groups in total. The zero-order chi connectivity index (χ0) is 13.8. The lowest BCUT2D eigenvalue weighted by Crippen LogP contribution is -2.48. The molecular weight excluding hydrogens is 228 g/mol. The molecule has 0 aromatic rings. The summed E-state index contributed by atoms with van der Waals surface area (Å²) in [4.78, 5) is 0. The summed E-state index contributed by atoms with van der Waals surface area (Å²) in [5, 5.41) is 31.7. The molecule has 5 atom stereocenters. The fourth-order valence-corrected chi connectivity index (χ4v) is 4.28. The Labute approximate surface area is 110 Å². The molecule has 3 nitrogen and oxygen atoms in total. The molecule has 0 radical (unpaired) electrons. The summed E-state index contributed by atoms with van der Waals surface area (Å²) in [5.41, 5.74) is -2.06. The van der Waals surface area contributed by atoms with Crippen LogP contribution in [0.4, 0.5) is 0 Å². The van der Waals surface area contributed by atoms with Crippen molar-refractivity contribution in [3.05, 3.63) is 0 Å². The number of hydrogen-bond acceptors (Lipinski definition) is 3. The van der Waals surface area contributed by atoms with Gasteiger partial charge in [0.1, 0.15) is 0 Å². The van der Waals surface area contributed by atoms with Crippen LogP contribution in [0.2, 0.25) is 0 Å². The van der Waals surface area contributed by atoms with Crippen molar-refractivity contribution in [2.45, 2.75) is 77.1 Å². The van der Waals surface area contributed by atoms with Crippen molar-refractivity contribution in [3.8, 4) is 0 Å². The highest BCUT2D eigenvalue weighted by Crippen LogP contribution is 2.59. The molecule has 18 heavy (non-hydrogen) atoms. The standard InChI is InChI=1S/C15H28O3/c1-10(2)11-5-6-13(3)9-12(16)14(4,17)7-8-15(11,13)18/h10-12,16-18H,5-9H2,1-4H3/t11-,12+,13-,14?,15+/m1/s1. The molecule has 0 amide bonds. The Kier molecular flexibility index (Phi) is 3.33. The Morgan fingerprint density at radius 1 is 1.06 bits per heavy atom. The molecule has 0 bridgehead atoms. The molecule has 2 fully saturated rings. The maximum Gasteiger partial charge on any atom is 0.0878 e. The van der Waals surface area contributed by atoms with Crippen molar-refractivity contribution >= 4 is 0 Å². The molecule has 3 heteroatoms. The van der Waals surface area contributed by atoms with Crippen LogP contribution in [0.3, 0.4) is 0 Å². The Morgan fingerprint density at radius 3 is 2.22 bits per heavy atom.